The Labute approximate surface area is 89.8 Å². The minimum atomic E-state index is 0.531. The molecule has 1 N–H and O–H groups in total. The molecular weight excluding hydrogens is 192 g/mol. The van der Waals surface area contributed by atoms with Crippen LogP contribution in [0, 0.1) is 0 Å². The third kappa shape index (κ3) is 3.50. The molecule has 0 bridgehead atoms. The van der Waals surface area contributed by atoms with E-state index in [-0.39, 0.29) is 0 Å². The van der Waals surface area contributed by atoms with E-state index in [2.05, 4.69) is 4.98 Å². The first-order valence-electron chi connectivity index (χ1n) is 4.80. The van der Waals surface area contributed by atoms with Gasteiger partial charge >= 0.3 is 0 Å². The fourth-order valence-electron chi connectivity index (χ4n) is 1.14. The van der Waals surface area contributed by atoms with Crippen molar-refractivity contribution in [2.75, 3.05) is 25.6 Å². The predicted molar refractivity (Wildman–Crippen MR) is 60.4 cm³/mol. The lowest BCUT2D eigenvalue weighted by molar-refractivity contribution is 0.323. The Morgan fingerprint density at radius 3 is 3.00 bits per heavy atom. The van der Waals surface area contributed by atoms with Crippen molar-refractivity contribution in [3.63, 3.8) is 0 Å². The summed E-state index contributed by atoms with van der Waals surface area (Å²) >= 11 is 0. The second-order valence-electron chi connectivity index (χ2n) is 3.24. The molecule has 0 unspecified atom stereocenters. The zero-order chi connectivity index (χ0) is 11.1. The van der Waals surface area contributed by atoms with Crippen LogP contribution >= 0.6 is 0 Å². The van der Waals surface area contributed by atoms with E-state index in [0.717, 1.165) is 17.8 Å². The smallest absolute Gasteiger partial charge is 0.170 e. The van der Waals surface area contributed by atoms with Gasteiger partial charge in [0.05, 0.1) is 12.9 Å². The van der Waals surface area contributed by atoms with Crippen molar-refractivity contribution < 1.29 is 9.84 Å². The van der Waals surface area contributed by atoms with Gasteiger partial charge in [0.1, 0.15) is 0 Å². The van der Waals surface area contributed by atoms with Crippen LogP contribution in [0.15, 0.2) is 30.7 Å². The van der Waals surface area contributed by atoms with E-state index in [0.29, 0.717) is 13.0 Å². The van der Waals surface area contributed by atoms with Crippen LogP contribution in [-0.2, 0) is 0 Å². The molecule has 0 saturated carbocycles. The summed E-state index contributed by atoms with van der Waals surface area (Å²) in [4.78, 5) is 6.11. The molecule has 1 aromatic rings. The van der Waals surface area contributed by atoms with Gasteiger partial charge in [0.25, 0.3) is 0 Å². The van der Waals surface area contributed by atoms with Crippen LogP contribution in [-0.4, -0.2) is 30.8 Å². The summed E-state index contributed by atoms with van der Waals surface area (Å²) in [5.41, 5.74) is 0. The standard InChI is InChI=1S/C11H16N2O2/c1-13(2)11-10(6-5-7-12-11)15-9-4-3-8-14/h3,5-8,14H,4,9H2,1-2H3/b8-3-. The van der Waals surface area contributed by atoms with Gasteiger partial charge in [0.2, 0.25) is 0 Å². The van der Waals surface area contributed by atoms with Gasteiger partial charge in [-0.15, -0.1) is 0 Å². The quantitative estimate of drug-likeness (QED) is 0.593. The first-order chi connectivity index (χ1) is 7.25. The van der Waals surface area contributed by atoms with Crippen molar-refractivity contribution in [1.82, 2.24) is 4.98 Å². The number of nitrogens with zero attached hydrogens (tertiary/aromatic N) is 2. The molecule has 1 heterocycles. The van der Waals surface area contributed by atoms with E-state index in [1.807, 2.05) is 31.1 Å². The lowest BCUT2D eigenvalue weighted by Crippen LogP contribution is -2.12. The van der Waals surface area contributed by atoms with Crippen molar-refractivity contribution >= 4 is 5.82 Å². The van der Waals surface area contributed by atoms with E-state index >= 15 is 0 Å². The Morgan fingerprint density at radius 2 is 2.33 bits per heavy atom. The third-order valence-corrected chi connectivity index (χ3v) is 1.82. The van der Waals surface area contributed by atoms with Crippen LogP contribution in [0.25, 0.3) is 0 Å². The minimum absolute atomic E-state index is 0.531. The van der Waals surface area contributed by atoms with E-state index in [1.54, 1.807) is 12.3 Å². The summed E-state index contributed by atoms with van der Waals surface area (Å²) in [6.45, 7) is 0.531. The number of pyridine rings is 1. The van der Waals surface area contributed by atoms with Crippen LogP contribution in [0.4, 0.5) is 5.82 Å². The van der Waals surface area contributed by atoms with Gasteiger partial charge in [-0.25, -0.2) is 4.98 Å². The fraction of sp³-hybridized carbons (Fsp3) is 0.364. The summed E-state index contributed by atoms with van der Waals surface area (Å²) in [5, 5.41) is 8.45. The summed E-state index contributed by atoms with van der Waals surface area (Å²) < 4.78 is 5.53. The van der Waals surface area contributed by atoms with Gasteiger partial charge < -0.3 is 14.7 Å². The Kier molecular flexibility index (Phi) is 4.47. The second kappa shape index (κ2) is 5.90. The maximum atomic E-state index is 8.45. The molecule has 0 aliphatic rings. The summed E-state index contributed by atoms with van der Waals surface area (Å²) in [6, 6.07) is 3.72. The van der Waals surface area contributed by atoms with Crippen LogP contribution < -0.4 is 9.64 Å². The third-order valence-electron chi connectivity index (χ3n) is 1.82. The lowest BCUT2D eigenvalue weighted by Gasteiger charge is -2.15. The average molecular weight is 208 g/mol. The summed E-state index contributed by atoms with van der Waals surface area (Å²) in [5.74, 6) is 1.57. The van der Waals surface area contributed by atoms with Gasteiger partial charge in [-0.3, -0.25) is 0 Å². The lowest BCUT2D eigenvalue weighted by atomic mass is 10.4. The van der Waals surface area contributed by atoms with Crippen molar-refractivity contribution in [2.45, 2.75) is 6.42 Å². The summed E-state index contributed by atoms with van der Waals surface area (Å²) in [7, 11) is 3.84. The van der Waals surface area contributed by atoms with Crippen molar-refractivity contribution in [3.8, 4) is 5.75 Å². The zero-order valence-corrected chi connectivity index (χ0v) is 9.05. The number of aliphatic hydroxyl groups is 1. The highest BCUT2D eigenvalue weighted by atomic mass is 16.5. The largest absolute Gasteiger partial charge is 0.516 e. The maximum absolute atomic E-state index is 8.45. The van der Waals surface area contributed by atoms with Gasteiger partial charge in [-0.05, 0) is 18.2 Å². The molecule has 0 aliphatic carbocycles. The van der Waals surface area contributed by atoms with E-state index in [4.69, 9.17) is 9.84 Å². The highest BCUT2D eigenvalue weighted by Crippen LogP contribution is 2.22. The van der Waals surface area contributed by atoms with Gasteiger partial charge in [0, 0.05) is 26.7 Å². The molecule has 4 nitrogen and oxygen atoms in total. The fourth-order valence-corrected chi connectivity index (χ4v) is 1.14. The topological polar surface area (TPSA) is 45.6 Å². The number of ether oxygens (including phenoxy) is 1. The molecule has 1 aromatic heterocycles. The van der Waals surface area contributed by atoms with Crippen LogP contribution in [0.5, 0.6) is 5.75 Å². The van der Waals surface area contributed by atoms with Crippen LogP contribution in [0.1, 0.15) is 6.42 Å². The van der Waals surface area contributed by atoms with Gasteiger partial charge in [-0.1, -0.05) is 0 Å². The highest BCUT2D eigenvalue weighted by Gasteiger charge is 2.05. The molecule has 0 aliphatic heterocycles. The Hall–Kier alpha value is -1.71. The molecule has 0 amide bonds. The summed E-state index contributed by atoms with van der Waals surface area (Å²) in [6.07, 6.45) is 5.08. The van der Waals surface area contributed by atoms with Crippen molar-refractivity contribution in [2.24, 2.45) is 0 Å². The number of hydrogen-bond donors (Lipinski definition) is 1. The molecule has 1 rings (SSSR count). The monoisotopic (exact) mass is 208 g/mol. The first kappa shape index (κ1) is 11.4. The Bertz CT molecular complexity index is 324. The van der Waals surface area contributed by atoms with Crippen LogP contribution in [0.3, 0.4) is 0 Å². The molecule has 82 valence electrons. The van der Waals surface area contributed by atoms with E-state index in [1.165, 1.54) is 0 Å². The van der Waals surface area contributed by atoms with Gasteiger partial charge in [0.15, 0.2) is 11.6 Å². The van der Waals surface area contributed by atoms with Crippen molar-refractivity contribution in [3.05, 3.63) is 30.7 Å². The average Bonchev–Trinajstić information content (AvgIpc) is 2.25. The molecule has 0 saturated heterocycles. The molecule has 0 radical (unpaired) electrons. The maximum Gasteiger partial charge on any atom is 0.170 e. The molecule has 0 atom stereocenters. The first-order valence-corrected chi connectivity index (χ1v) is 4.80. The van der Waals surface area contributed by atoms with E-state index < -0.39 is 0 Å². The molecule has 4 heteroatoms. The Morgan fingerprint density at radius 1 is 1.53 bits per heavy atom. The predicted octanol–water partition coefficient (Wildman–Crippen LogP) is 1.99. The second-order valence-corrected chi connectivity index (χ2v) is 3.24. The molecule has 0 aromatic carbocycles. The molecule has 15 heavy (non-hydrogen) atoms. The number of aromatic nitrogens is 1. The van der Waals surface area contributed by atoms with E-state index in [9.17, 15) is 0 Å². The number of aliphatic hydroxyl groups excluding tert-OH is 1. The molecule has 0 spiro atoms. The van der Waals surface area contributed by atoms with Gasteiger partial charge in [-0.2, -0.15) is 0 Å². The Balaban J connectivity index is 2.59. The van der Waals surface area contributed by atoms with Crippen molar-refractivity contribution in [1.29, 1.82) is 0 Å². The number of rotatable bonds is 5. The minimum Gasteiger partial charge on any atom is -0.516 e. The molecule has 0 fully saturated rings. The zero-order valence-electron chi connectivity index (χ0n) is 9.05. The normalized spacial score (nSPS) is 10.5. The highest BCUT2D eigenvalue weighted by molar-refractivity contribution is 5.50. The number of anilines is 1. The SMILES string of the molecule is CN(C)c1ncccc1OCC/C=C\O. The van der Waals surface area contributed by atoms with Crippen LogP contribution in [0.2, 0.25) is 0 Å². The molecular formula is C11H16N2O2. The number of hydrogen-bond acceptors (Lipinski definition) is 4.